The van der Waals surface area contributed by atoms with Crippen molar-refractivity contribution in [1.82, 2.24) is 10.3 Å². The van der Waals surface area contributed by atoms with Crippen molar-refractivity contribution in [1.29, 1.82) is 0 Å². The molecule has 0 aliphatic carbocycles. The van der Waals surface area contributed by atoms with Crippen LogP contribution in [0.3, 0.4) is 0 Å². The van der Waals surface area contributed by atoms with Crippen molar-refractivity contribution < 1.29 is 0 Å². The van der Waals surface area contributed by atoms with Crippen LogP contribution in [0.15, 0.2) is 12.1 Å². The Morgan fingerprint density at radius 1 is 1.38 bits per heavy atom. The molecule has 1 N–H and O–H groups in total. The van der Waals surface area contributed by atoms with Gasteiger partial charge < -0.3 is 10.2 Å². The second-order valence-corrected chi connectivity index (χ2v) is 4.22. The van der Waals surface area contributed by atoms with E-state index < -0.39 is 0 Å². The Morgan fingerprint density at radius 3 is 2.69 bits per heavy atom. The molecule has 3 heteroatoms. The number of aryl methyl sites for hydroxylation is 1. The summed E-state index contributed by atoms with van der Waals surface area (Å²) in [4.78, 5) is 6.85. The molecule has 3 nitrogen and oxygen atoms in total. The van der Waals surface area contributed by atoms with E-state index in [1.54, 1.807) is 0 Å². The van der Waals surface area contributed by atoms with Gasteiger partial charge in [0.15, 0.2) is 0 Å². The van der Waals surface area contributed by atoms with Crippen molar-refractivity contribution in [2.75, 3.05) is 25.5 Å². The Hall–Kier alpha value is -1.09. The number of pyridine rings is 1. The minimum absolute atomic E-state index is 0.887. The topological polar surface area (TPSA) is 28.2 Å². The van der Waals surface area contributed by atoms with Crippen LogP contribution in [-0.2, 0) is 6.54 Å². The third-order valence-corrected chi connectivity index (χ3v) is 2.79. The molecule has 0 aliphatic rings. The fourth-order valence-electron chi connectivity index (χ4n) is 1.68. The predicted octanol–water partition coefficient (Wildman–Crippen LogP) is 2.35. The van der Waals surface area contributed by atoms with Gasteiger partial charge >= 0.3 is 0 Å². The largest absolute Gasteiger partial charge is 0.360 e. The number of rotatable bonds is 6. The number of hydrogen-bond acceptors (Lipinski definition) is 3. The monoisotopic (exact) mass is 221 g/mol. The van der Waals surface area contributed by atoms with E-state index in [0.29, 0.717) is 0 Å². The van der Waals surface area contributed by atoms with Gasteiger partial charge in [0.2, 0.25) is 0 Å². The van der Waals surface area contributed by atoms with Crippen molar-refractivity contribution in [3.63, 3.8) is 0 Å². The summed E-state index contributed by atoms with van der Waals surface area (Å²) in [7, 11) is 4.07. The minimum Gasteiger partial charge on any atom is -0.360 e. The number of nitrogens with zero attached hydrogens (tertiary/aromatic N) is 2. The lowest BCUT2D eigenvalue weighted by Gasteiger charge is -2.19. The third-order valence-electron chi connectivity index (χ3n) is 2.79. The molecule has 0 unspecified atom stereocenters. The maximum Gasteiger partial charge on any atom is 0.128 e. The van der Waals surface area contributed by atoms with Crippen LogP contribution in [-0.4, -0.2) is 25.6 Å². The molecular weight excluding hydrogens is 198 g/mol. The van der Waals surface area contributed by atoms with Gasteiger partial charge in [-0.2, -0.15) is 0 Å². The average molecular weight is 221 g/mol. The summed E-state index contributed by atoms with van der Waals surface area (Å²) in [5.74, 6) is 1.07. The summed E-state index contributed by atoms with van der Waals surface area (Å²) in [5.41, 5.74) is 2.39. The molecule has 1 aromatic heterocycles. The van der Waals surface area contributed by atoms with Crippen molar-refractivity contribution in [2.45, 2.75) is 33.2 Å². The molecule has 0 amide bonds. The van der Waals surface area contributed by atoms with Gasteiger partial charge in [0.25, 0.3) is 0 Å². The lowest BCUT2D eigenvalue weighted by molar-refractivity contribution is 0.754. The Morgan fingerprint density at radius 2 is 2.12 bits per heavy atom. The maximum absolute atomic E-state index is 4.63. The summed E-state index contributed by atoms with van der Waals surface area (Å²) in [6.07, 6.45) is 2.44. The highest BCUT2D eigenvalue weighted by atomic mass is 15.2. The van der Waals surface area contributed by atoms with Gasteiger partial charge in [0.1, 0.15) is 5.82 Å². The highest BCUT2D eigenvalue weighted by Crippen LogP contribution is 2.14. The van der Waals surface area contributed by atoms with Crippen LogP contribution in [0.4, 0.5) is 5.82 Å². The van der Waals surface area contributed by atoms with Crippen LogP contribution in [0, 0.1) is 6.92 Å². The van der Waals surface area contributed by atoms with Crippen molar-refractivity contribution >= 4 is 5.82 Å². The first-order valence-corrected chi connectivity index (χ1v) is 6.01. The zero-order valence-corrected chi connectivity index (χ0v) is 10.9. The molecule has 1 heterocycles. The van der Waals surface area contributed by atoms with Crippen LogP contribution in [0.1, 0.15) is 31.0 Å². The first kappa shape index (κ1) is 13.0. The molecule has 0 saturated heterocycles. The summed E-state index contributed by atoms with van der Waals surface area (Å²) in [5, 5.41) is 3.15. The number of unbranched alkanes of at least 4 members (excludes halogenated alkanes) is 1. The van der Waals surface area contributed by atoms with Gasteiger partial charge in [-0.25, -0.2) is 4.98 Å². The van der Waals surface area contributed by atoms with E-state index in [1.165, 1.54) is 18.4 Å². The minimum atomic E-state index is 0.887. The first-order chi connectivity index (χ1) is 7.69. The number of anilines is 1. The SMILES string of the molecule is CCCCN(C)c1ccc(CNC)c(C)n1. The average Bonchev–Trinajstić information content (AvgIpc) is 2.29. The summed E-state index contributed by atoms with van der Waals surface area (Å²) >= 11 is 0. The molecule has 90 valence electrons. The highest BCUT2D eigenvalue weighted by molar-refractivity contribution is 5.40. The van der Waals surface area contributed by atoms with Crippen LogP contribution < -0.4 is 10.2 Å². The fraction of sp³-hybridized carbons (Fsp3) is 0.615. The molecule has 1 rings (SSSR count). The fourth-order valence-corrected chi connectivity index (χ4v) is 1.68. The molecule has 16 heavy (non-hydrogen) atoms. The predicted molar refractivity (Wildman–Crippen MR) is 69.9 cm³/mol. The molecule has 0 radical (unpaired) electrons. The van der Waals surface area contributed by atoms with Gasteiger partial charge in [0.05, 0.1) is 0 Å². The van der Waals surface area contributed by atoms with E-state index in [4.69, 9.17) is 0 Å². The van der Waals surface area contributed by atoms with Crippen molar-refractivity contribution in [2.24, 2.45) is 0 Å². The Labute approximate surface area is 98.9 Å². The van der Waals surface area contributed by atoms with E-state index >= 15 is 0 Å². The van der Waals surface area contributed by atoms with Gasteiger partial charge in [-0.1, -0.05) is 19.4 Å². The van der Waals surface area contributed by atoms with Crippen LogP contribution in [0.2, 0.25) is 0 Å². The second-order valence-electron chi connectivity index (χ2n) is 4.22. The molecule has 0 fully saturated rings. The number of nitrogens with one attached hydrogen (secondary N) is 1. The van der Waals surface area contributed by atoms with E-state index in [9.17, 15) is 0 Å². The summed E-state index contributed by atoms with van der Waals surface area (Å²) < 4.78 is 0. The number of hydrogen-bond donors (Lipinski definition) is 1. The van der Waals surface area contributed by atoms with Gasteiger partial charge in [0, 0.05) is 25.8 Å². The Kier molecular flexibility index (Phi) is 5.26. The Bertz CT molecular complexity index is 323. The maximum atomic E-state index is 4.63. The molecule has 0 aromatic carbocycles. The molecule has 0 saturated carbocycles. The summed E-state index contributed by atoms with van der Waals surface area (Å²) in [6.45, 7) is 6.25. The first-order valence-electron chi connectivity index (χ1n) is 6.01. The van der Waals surface area contributed by atoms with E-state index in [0.717, 1.165) is 24.6 Å². The van der Waals surface area contributed by atoms with Crippen molar-refractivity contribution in [3.8, 4) is 0 Å². The zero-order valence-electron chi connectivity index (χ0n) is 10.9. The standard InChI is InChI=1S/C13H23N3/c1-5-6-9-16(4)13-8-7-12(10-14-3)11(2)15-13/h7-8,14H,5-6,9-10H2,1-4H3. The van der Waals surface area contributed by atoms with Crippen LogP contribution >= 0.6 is 0 Å². The molecule has 0 spiro atoms. The Balaban J connectivity index is 2.71. The normalized spacial score (nSPS) is 10.5. The van der Waals surface area contributed by atoms with E-state index in [2.05, 4.69) is 48.2 Å². The molecule has 0 aliphatic heterocycles. The zero-order chi connectivity index (χ0) is 12.0. The quantitative estimate of drug-likeness (QED) is 0.799. The van der Waals surface area contributed by atoms with Gasteiger partial charge in [-0.05, 0) is 32.0 Å². The van der Waals surface area contributed by atoms with Crippen molar-refractivity contribution in [3.05, 3.63) is 23.4 Å². The molecule has 0 atom stereocenters. The number of aromatic nitrogens is 1. The van der Waals surface area contributed by atoms with Crippen LogP contribution in [0.25, 0.3) is 0 Å². The third kappa shape index (κ3) is 3.49. The van der Waals surface area contributed by atoms with Gasteiger partial charge in [-0.3, -0.25) is 0 Å². The van der Waals surface area contributed by atoms with E-state index in [-0.39, 0.29) is 0 Å². The molecule has 1 aromatic rings. The highest BCUT2D eigenvalue weighted by Gasteiger charge is 2.04. The molecular formula is C13H23N3. The van der Waals surface area contributed by atoms with Crippen LogP contribution in [0.5, 0.6) is 0 Å². The second kappa shape index (κ2) is 6.48. The van der Waals surface area contributed by atoms with Gasteiger partial charge in [-0.15, -0.1) is 0 Å². The summed E-state index contributed by atoms with van der Waals surface area (Å²) in [6, 6.07) is 4.27. The van der Waals surface area contributed by atoms with E-state index in [1.807, 2.05) is 7.05 Å². The molecule has 0 bridgehead atoms. The lowest BCUT2D eigenvalue weighted by Crippen LogP contribution is -2.20. The lowest BCUT2D eigenvalue weighted by atomic mass is 10.2. The smallest absolute Gasteiger partial charge is 0.128 e.